The molecule has 1 aromatic rings. The minimum atomic E-state index is -0.876. The van der Waals surface area contributed by atoms with E-state index < -0.39 is 11.9 Å². The molecule has 0 aliphatic carbocycles. The number of ether oxygens (including phenoxy) is 2. The van der Waals surface area contributed by atoms with E-state index in [2.05, 4.69) is 9.47 Å². The summed E-state index contributed by atoms with van der Waals surface area (Å²) in [5.74, 6) is -1.64. The molecule has 1 aromatic carbocycles. The molecule has 0 radical (unpaired) electrons. The monoisotopic (exact) mass is 285 g/mol. The molecule has 21 heavy (non-hydrogen) atoms. The molecule has 0 amide bonds. The molecule has 0 aromatic heterocycles. The fourth-order valence-electron chi connectivity index (χ4n) is 1.74. The lowest BCUT2D eigenvalue weighted by molar-refractivity contribution is -0.138. The van der Waals surface area contributed by atoms with Gasteiger partial charge in [-0.1, -0.05) is 36.4 Å². The van der Waals surface area contributed by atoms with E-state index in [9.17, 15) is 9.59 Å². The second-order valence-electron chi connectivity index (χ2n) is 4.08. The van der Waals surface area contributed by atoms with Crippen LogP contribution in [0.3, 0.4) is 0 Å². The lowest BCUT2D eigenvalue weighted by atomic mass is 9.99. The van der Waals surface area contributed by atoms with Crippen molar-refractivity contribution in [1.82, 2.24) is 0 Å². The number of nitriles is 1. The Hall–Kier alpha value is -2.87. The molecular weight excluding hydrogens is 270 g/mol. The maximum Gasteiger partial charge on any atom is 0.349 e. The summed E-state index contributed by atoms with van der Waals surface area (Å²) in [6.45, 7) is 1.62. The Kier molecular flexibility index (Phi) is 5.90. The van der Waals surface area contributed by atoms with Crippen molar-refractivity contribution in [3.05, 3.63) is 52.6 Å². The van der Waals surface area contributed by atoms with Crippen LogP contribution in [0.1, 0.15) is 12.5 Å². The van der Waals surface area contributed by atoms with Crippen LogP contribution in [0.15, 0.2) is 47.1 Å². The zero-order chi connectivity index (χ0) is 15.8. The summed E-state index contributed by atoms with van der Waals surface area (Å²) in [5, 5.41) is 9.11. The Morgan fingerprint density at radius 2 is 1.67 bits per heavy atom. The van der Waals surface area contributed by atoms with Gasteiger partial charge in [-0.15, -0.1) is 0 Å². The van der Waals surface area contributed by atoms with Crippen molar-refractivity contribution in [2.24, 2.45) is 0 Å². The zero-order valence-corrected chi connectivity index (χ0v) is 12.0. The predicted molar refractivity (Wildman–Crippen MR) is 76.8 cm³/mol. The second kappa shape index (κ2) is 7.65. The SMILES string of the molecule is COC(=O)/C(C#N)=C(/C(=O)OC)C(C)=Cc1ccccc1. The lowest BCUT2D eigenvalue weighted by Gasteiger charge is -2.08. The number of benzene rings is 1. The summed E-state index contributed by atoms with van der Waals surface area (Å²) in [6, 6.07) is 10.9. The topological polar surface area (TPSA) is 76.4 Å². The van der Waals surface area contributed by atoms with E-state index in [1.54, 1.807) is 19.1 Å². The summed E-state index contributed by atoms with van der Waals surface area (Å²) < 4.78 is 9.18. The molecule has 108 valence electrons. The molecule has 0 atom stereocenters. The van der Waals surface area contributed by atoms with Crippen LogP contribution < -0.4 is 0 Å². The number of carbonyl (C=O) groups excluding carboxylic acids is 2. The van der Waals surface area contributed by atoms with Gasteiger partial charge in [-0.2, -0.15) is 5.26 Å². The maximum absolute atomic E-state index is 11.9. The lowest BCUT2D eigenvalue weighted by Crippen LogP contribution is -2.14. The molecule has 1 rings (SSSR count). The minimum absolute atomic E-state index is 0.101. The van der Waals surface area contributed by atoms with Crippen LogP contribution in [-0.2, 0) is 19.1 Å². The molecule has 0 saturated carbocycles. The third-order valence-corrected chi connectivity index (χ3v) is 2.72. The molecule has 0 heterocycles. The van der Waals surface area contributed by atoms with Gasteiger partial charge in [-0.3, -0.25) is 0 Å². The summed E-state index contributed by atoms with van der Waals surface area (Å²) in [5.41, 5.74) is 0.790. The molecule has 0 aliphatic rings. The van der Waals surface area contributed by atoms with Crippen molar-refractivity contribution in [1.29, 1.82) is 5.26 Å². The highest BCUT2D eigenvalue weighted by Crippen LogP contribution is 2.20. The van der Waals surface area contributed by atoms with Crippen molar-refractivity contribution in [2.45, 2.75) is 6.92 Å². The Labute approximate surface area is 123 Å². The Morgan fingerprint density at radius 3 is 2.14 bits per heavy atom. The highest BCUT2D eigenvalue weighted by atomic mass is 16.5. The van der Waals surface area contributed by atoms with Gasteiger partial charge < -0.3 is 9.47 Å². The largest absolute Gasteiger partial charge is 0.465 e. The molecule has 0 aliphatic heterocycles. The molecule has 5 heteroatoms. The van der Waals surface area contributed by atoms with Gasteiger partial charge in [0.15, 0.2) is 5.57 Å². The Balaban J connectivity index is 3.43. The molecule has 0 bridgehead atoms. The van der Waals surface area contributed by atoms with E-state index in [1.165, 1.54) is 7.11 Å². The minimum Gasteiger partial charge on any atom is -0.465 e. The summed E-state index contributed by atoms with van der Waals surface area (Å²) in [6.07, 6.45) is 1.69. The van der Waals surface area contributed by atoms with Crippen LogP contribution in [-0.4, -0.2) is 26.2 Å². The van der Waals surface area contributed by atoms with Crippen molar-refractivity contribution in [3.8, 4) is 6.07 Å². The van der Waals surface area contributed by atoms with Crippen LogP contribution in [0.25, 0.3) is 6.08 Å². The van der Waals surface area contributed by atoms with E-state index in [1.807, 2.05) is 30.3 Å². The first-order valence-corrected chi connectivity index (χ1v) is 6.09. The van der Waals surface area contributed by atoms with E-state index in [4.69, 9.17) is 5.26 Å². The van der Waals surface area contributed by atoms with Gasteiger partial charge in [0.05, 0.1) is 19.8 Å². The first-order chi connectivity index (χ1) is 10.0. The van der Waals surface area contributed by atoms with Crippen LogP contribution in [0.5, 0.6) is 0 Å². The van der Waals surface area contributed by atoms with Gasteiger partial charge in [0, 0.05) is 0 Å². The third-order valence-electron chi connectivity index (χ3n) is 2.72. The second-order valence-corrected chi connectivity index (χ2v) is 4.08. The Morgan fingerprint density at radius 1 is 1.10 bits per heavy atom. The van der Waals surface area contributed by atoms with Gasteiger partial charge >= 0.3 is 11.9 Å². The van der Waals surface area contributed by atoms with Crippen molar-refractivity contribution < 1.29 is 19.1 Å². The molecular formula is C16H15NO4. The van der Waals surface area contributed by atoms with Crippen molar-refractivity contribution in [3.63, 3.8) is 0 Å². The third kappa shape index (κ3) is 4.05. The summed E-state index contributed by atoms with van der Waals surface area (Å²) in [4.78, 5) is 23.5. The molecule has 0 spiro atoms. The van der Waals surface area contributed by atoms with Gasteiger partial charge in [0.1, 0.15) is 6.07 Å². The van der Waals surface area contributed by atoms with E-state index in [0.29, 0.717) is 5.57 Å². The number of esters is 2. The van der Waals surface area contributed by atoms with Crippen LogP contribution in [0, 0.1) is 11.3 Å². The smallest absolute Gasteiger partial charge is 0.349 e. The molecule has 5 nitrogen and oxygen atoms in total. The molecule has 0 unspecified atom stereocenters. The van der Waals surface area contributed by atoms with Crippen molar-refractivity contribution >= 4 is 18.0 Å². The fraction of sp³-hybridized carbons (Fsp3) is 0.188. The Bertz CT molecular complexity index is 636. The van der Waals surface area contributed by atoms with E-state index >= 15 is 0 Å². The maximum atomic E-state index is 11.9. The normalized spacial score (nSPS) is 12.0. The van der Waals surface area contributed by atoms with Gasteiger partial charge in [0.25, 0.3) is 0 Å². The number of methoxy groups -OCH3 is 2. The average molecular weight is 285 g/mol. The van der Waals surface area contributed by atoms with Gasteiger partial charge in [-0.05, 0) is 18.1 Å². The number of hydrogen-bond donors (Lipinski definition) is 0. The van der Waals surface area contributed by atoms with Crippen LogP contribution >= 0.6 is 0 Å². The van der Waals surface area contributed by atoms with Gasteiger partial charge in [0.2, 0.25) is 0 Å². The predicted octanol–water partition coefficient (Wildman–Crippen LogP) is 2.26. The number of rotatable bonds is 4. The highest BCUT2D eigenvalue weighted by molar-refractivity contribution is 6.06. The fourth-order valence-corrected chi connectivity index (χ4v) is 1.74. The van der Waals surface area contributed by atoms with E-state index in [0.717, 1.165) is 12.7 Å². The standard InChI is InChI=1S/C16H15NO4/c1-11(9-12-7-5-4-6-8-12)14(16(19)21-3)13(10-17)15(18)20-2/h4-9H,1-3H3/b11-9?,14-13+. The van der Waals surface area contributed by atoms with E-state index in [-0.39, 0.29) is 11.1 Å². The quantitative estimate of drug-likeness (QED) is 0.367. The first-order valence-electron chi connectivity index (χ1n) is 6.09. The molecule has 0 saturated heterocycles. The van der Waals surface area contributed by atoms with Crippen LogP contribution in [0.2, 0.25) is 0 Å². The van der Waals surface area contributed by atoms with Crippen molar-refractivity contribution in [2.75, 3.05) is 14.2 Å². The number of nitrogens with zero attached hydrogens (tertiary/aromatic N) is 1. The first kappa shape index (κ1) is 16.2. The zero-order valence-electron chi connectivity index (χ0n) is 12.0. The molecule has 0 N–H and O–H groups in total. The number of carbonyl (C=O) groups is 2. The molecule has 0 fully saturated rings. The summed E-state index contributed by atoms with van der Waals surface area (Å²) in [7, 11) is 2.33. The van der Waals surface area contributed by atoms with Gasteiger partial charge in [-0.25, -0.2) is 9.59 Å². The highest BCUT2D eigenvalue weighted by Gasteiger charge is 2.23. The number of hydrogen-bond acceptors (Lipinski definition) is 5. The average Bonchev–Trinajstić information content (AvgIpc) is 2.51. The summed E-state index contributed by atoms with van der Waals surface area (Å²) >= 11 is 0. The van der Waals surface area contributed by atoms with Crippen LogP contribution in [0.4, 0.5) is 0 Å².